The molecule has 20 heavy (non-hydrogen) atoms. The number of nitrogens with one attached hydrogen (secondary N) is 1. The van der Waals surface area contributed by atoms with E-state index in [0.717, 1.165) is 13.1 Å². The van der Waals surface area contributed by atoms with Gasteiger partial charge in [-0.3, -0.25) is 0 Å². The van der Waals surface area contributed by atoms with Gasteiger partial charge in [0.2, 0.25) is 0 Å². The van der Waals surface area contributed by atoms with Gasteiger partial charge in [0.1, 0.15) is 0 Å². The lowest BCUT2D eigenvalue weighted by molar-refractivity contribution is 0.121. The van der Waals surface area contributed by atoms with Gasteiger partial charge in [0.15, 0.2) is 0 Å². The second kappa shape index (κ2) is 7.77. The zero-order chi connectivity index (χ0) is 15.2. The highest BCUT2D eigenvalue weighted by Gasteiger charge is 2.27. The van der Waals surface area contributed by atoms with Crippen LogP contribution in [0.1, 0.15) is 20.3 Å². The SMILES string of the molecule is CC(C)OC(=O)NS(=O)(=O)N1CCCN(CCN)CC1. The van der Waals surface area contributed by atoms with Gasteiger partial charge in [-0.05, 0) is 26.8 Å². The lowest BCUT2D eigenvalue weighted by Crippen LogP contribution is -2.45. The van der Waals surface area contributed by atoms with Crippen LogP contribution in [0.3, 0.4) is 0 Å². The van der Waals surface area contributed by atoms with Crippen LogP contribution in [0.25, 0.3) is 0 Å². The highest BCUT2D eigenvalue weighted by molar-refractivity contribution is 7.87. The molecule has 1 aliphatic rings. The van der Waals surface area contributed by atoms with Crippen molar-refractivity contribution in [1.82, 2.24) is 13.9 Å². The number of rotatable bonds is 5. The molecule has 1 amide bonds. The number of nitrogens with two attached hydrogens (primary N) is 1. The molecular formula is C11H24N4O4S. The molecule has 1 aliphatic heterocycles. The molecule has 3 N–H and O–H groups in total. The summed E-state index contributed by atoms with van der Waals surface area (Å²) in [4.78, 5) is 13.5. The van der Waals surface area contributed by atoms with Crippen molar-refractivity contribution in [1.29, 1.82) is 0 Å². The van der Waals surface area contributed by atoms with Gasteiger partial charge in [-0.2, -0.15) is 12.7 Å². The lowest BCUT2D eigenvalue weighted by Gasteiger charge is -2.21. The van der Waals surface area contributed by atoms with Crippen LogP contribution in [0, 0.1) is 0 Å². The summed E-state index contributed by atoms with van der Waals surface area (Å²) in [7, 11) is -3.84. The zero-order valence-electron chi connectivity index (χ0n) is 12.0. The summed E-state index contributed by atoms with van der Waals surface area (Å²) in [5.41, 5.74) is 5.50. The number of carbonyl (C=O) groups is 1. The Labute approximate surface area is 120 Å². The maximum Gasteiger partial charge on any atom is 0.422 e. The Kier molecular flexibility index (Phi) is 6.66. The Bertz CT molecular complexity index is 413. The van der Waals surface area contributed by atoms with Gasteiger partial charge in [-0.1, -0.05) is 0 Å². The van der Waals surface area contributed by atoms with E-state index in [1.165, 1.54) is 4.31 Å². The predicted molar refractivity (Wildman–Crippen MR) is 75.4 cm³/mol. The van der Waals surface area contributed by atoms with Gasteiger partial charge in [0.25, 0.3) is 0 Å². The first-order chi connectivity index (χ1) is 9.35. The first kappa shape index (κ1) is 17.2. The molecule has 1 fully saturated rings. The molecule has 0 aromatic rings. The van der Waals surface area contributed by atoms with Gasteiger partial charge in [0, 0.05) is 32.7 Å². The van der Waals surface area contributed by atoms with E-state index in [4.69, 9.17) is 10.5 Å². The molecule has 0 saturated carbocycles. The fourth-order valence-corrected chi connectivity index (χ4v) is 3.08. The maximum atomic E-state index is 12.1. The molecule has 1 rings (SSSR count). The molecule has 0 radical (unpaired) electrons. The van der Waals surface area contributed by atoms with Crippen molar-refractivity contribution in [3.63, 3.8) is 0 Å². The van der Waals surface area contributed by atoms with Crippen LogP contribution in [-0.4, -0.2) is 69.1 Å². The van der Waals surface area contributed by atoms with E-state index < -0.39 is 16.3 Å². The van der Waals surface area contributed by atoms with E-state index in [1.54, 1.807) is 13.8 Å². The van der Waals surface area contributed by atoms with Crippen LogP contribution in [0.5, 0.6) is 0 Å². The number of hydrogen-bond donors (Lipinski definition) is 2. The summed E-state index contributed by atoms with van der Waals surface area (Å²) in [6.07, 6.45) is -0.599. The Morgan fingerprint density at radius 2 is 2.00 bits per heavy atom. The number of ether oxygens (including phenoxy) is 1. The van der Waals surface area contributed by atoms with Crippen LogP contribution in [0.4, 0.5) is 4.79 Å². The van der Waals surface area contributed by atoms with E-state index in [1.807, 2.05) is 4.72 Å². The number of amides is 1. The van der Waals surface area contributed by atoms with E-state index in [2.05, 4.69) is 4.90 Å². The van der Waals surface area contributed by atoms with Crippen molar-refractivity contribution in [3.05, 3.63) is 0 Å². The van der Waals surface area contributed by atoms with Crippen molar-refractivity contribution >= 4 is 16.3 Å². The van der Waals surface area contributed by atoms with Gasteiger partial charge in [-0.15, -0.1) is 0 Å². The molecule has 0 aromatic carbocycles. The summed E-state index contributed by atoms with van der Waals surface area (Å²) in [5, 5.41) is 0. The molecule has 0 spiro atoms. The van der Waals surface area contributed by atoms with Gasteiger partial charge in [-0.25, -0.2) is 9.52 Å². The van der Waals surface area contributed by atoms with Gasteiger partial charge in [0.05, 0.1) is 6.10 Å². The average Bonchev–Trinajstić information content (AvgIpc) is 2.53. The average molecular weight is 308 g/mol. The third kappa shape index (κ3) is 5.61. The summed E-state index contributed by atoms with van der Waals surface area (Å²) in [5.74, 6) is 0. The minimum absolute atomic E-state index is 0.338. The van der Waals surface area contributed by atoms with Crippen LogP contribution in [0.15, 0.2) is 0 Å². The third-order valence-electron chi connectivity index (χ3n) is 2.89. The fraction of sp³-hybridized carbons (Fsp3) is 0.909. The highest BCUT2D eigenvalue weighted by Crippen LogP contribution is 2.07. The smallest absolute Gasteiger partial charge is 0.422 e. The largest absolute Gasteiger partial charge is 0.446 e. The molecule has 0 bridgehead atoms. The molecule has 9 heteroatoms. The molecule has 1 heterocycles. The maximum absolute atomic E-state index is 12.1. The molecule has 0 atom stereocenters. The molecule has 1 saturated heterocycles. The van der Waals surface area contributed by atoms with Crippen molar-refractivity contribution in [2.24, 2.45) is 5.73 Å². The standard InChI is InChI=1S/C11H24N4O4S/c1-10(2)19-11(16)13-20(17,18)15-6-3-5-14(7-4-12)8-9-15/h10H,3-9,12H2,1-2H3,(H,13,16). The molecule has 8 nitrogen and oxygen atoms in total. The number of carbonyl (C=O) groups excluding carboxylic acids is 1. The van der Waals surface area contributed by atoms with Crippen molar-refractivity contribution in [2.45, 2.75) is 26.4 Å². The number of nitrogens with zero attached hydrogens (tertiary/aromatic N) is 2. The Morgan fingerprint density at radius 3 is 2.60 bits per heavy atom. The molecule has 0 unspecified atom stereocenters. The molecular weight excluding hydrogens is 284 g/mol. The summed E-state index contributed by atoms with van der Waals surface area (Å²) in [6, 6.07) is 0. The molecule has 0 aromatic heterocycles. The third-order valence-corrected chi connectivity index (χ3v) is 4.36. The normalized spacial score (nSPS) is 18.8. The van der Waals surface area contributed by atoms with Crippen LogP contribution in [0.2, 0.25) is 0 Å². The molecule has 118 valence electrons. The van der Waals surface area contributed by atoms with Crippen LogP contribution >= 0.6 is 0 Å². The van der Waals surface area contributed by atoms with E-state index in [0.29, 0.717) is 32.6 Å². The first-order valence-corrected chi connectivity index (χ1v) is 8.20. The zero-order valence-corrected chi connectivity index (χ0v) is 12.9. The fourth-order valence-electron chi connectivity index (χ4n) is 2.00. The summed E-state index contributed by atoms with van der Waals surface area (Å²) < 4.78 is 32.1. The number of hydrogen-bond acceptors (Lipinski definition) is 6. The Balaban J connectivity index is 2.57. The van der Waals surface area contributed by atoms with Crippen molar-refractivity contribution in [3.8, 4) is 0 Å². The van der Waals surface area contributed by atoms with Gasteiger partial charge >= 0.3 is 16.3 Å². The minimum atomic E-state index is -3.84. The van der Waals surface area contributed by atoms with Crippen molar-refractivity contribution < 1.29 is 17.9 Å². The van der Waals surface area contributed by atoms with Crippen LogP contribution < -0.4 is 10.5 Å². The predicted octanol–water partition coefficient (Wildman–Crippen LogP) is -0.668. The second-order valence-corrected chi connectivity index (χ2v) is 6.61. The molecule has 0 aliphatic carbocycles. The van der Waals surface area contributed by atoms with Crippen molar-refractivity contribution in [2.75, 3.05) is 39.3 Å². The topological polar surface area (TPSA) is 105 Å². The minimum Gasteiger partial charge on any atom is -0.446 e. The summed E-state index contributed by atoms with van der Waals surface area (Å²) in [6.45, 7) is 6.74. The highest BCUT2D eigenvalue weighted by atomic mass is 32.2. The van der Waals surface area contributed by atoms with Gasteiger partial charge < -0.3 is 15.4 Å². The lowest BCUT2D eigenvalue weighted by atomic mass is 10.4. The van der Waals surface area contributed by atoms with Crippen LogP contribution in [-0.2, 0) is 14.9 Å². The van der Waals surface area contributed by atoms with E-state index in [-0.39, 0.29) is 6.10 Å². The first-order valence-electron chi connectivity index (χ1n) is 6.76. The second-order valence-electron chi connectivity index (χ2n) is 4.94. The monoisotopic (exact) mass is 308 g/mol. The summed E-state index contributed by atoms with van der Waals surface area (Å²) >= 11 is 0. The Morgan fingerprint density at radius 1 is 1.30 bits per heavy atom. The van der Waals surface area contributed by atoms with E-state index in [9.17, 15) is 13.2 Å². The Hall–Kier alpha value is -0.900. The van der Waals surface area contributed by atoms with E-state index >= 15 is 0 Å². The quantitative estimate of drug-likeness (QED) is 0.698.